The highest BCUT2D eigenvalue weighted by Crippen LogP contribution is 2.31. The van der Waals surface area contributed by atoms with E-state index in [0.29, 0.717) is 6.04 Å². The lowest BCUT2D eigenvalue weighted by Crippen LogP contribution is -2.22. The molecule has 1 heterocycles. The summed E-state index contributed by atoms with van der Waals surface area (Å²) in [6.45, 7) is 2.18. The van der Waals surface area contributed by atoms with Crippen LogP contribution in [0.25, 0.3) is 0 Å². The first-order valence-electron chi connectivity index (χ1n) is 4.74. The standard InChI is InChI=1S/C11H15NS/c1-8-3-2-4-9-7-10(12)5-6-13-11(8)9/h2-4,10H,5-7,12H2,1H3. The van der Waals surface area contributed by atoms with Crippen LogP contribution in [0.2, 0.25) is 0 Å². The van der Waals surface area contributed by atoms with Gasteiger partial charge in [-0.25, -0.2) is 0 Å². The number of aryl methyl sites for hydroxylation is 1. The molecule has 0 radical (unpaired) electrons. The Balaban J connectivity index is 2.39. The lowest BCUT2D eigenvalue weighted by Gasteiger charge is -2.09. The molecule has 0 bridgehead atoms. The van der Waals surface area contributed by atoms with Gasteiger partial charge in [-0.15, -0.1) is 11.8 Å². The molecule has 0 saturated heterocycles. The van der Waals surface area contributed by atoms with Crippen LogP contribution in [0.15, 0.2) is 23.1 Å². The van der Waals surface area contributed by atoms with Gasteiger partial charge in [-0.2, -0.15) is 0 Å². The van der Waals surface area contributed by atoms with E-state index in [2.05, 4.69) is 25.1 Å². The van der Waals surface area contributed by atoms with Crippen LogP contribution in [0.4, 0.5) is 0 Å². The summed E-state index contributed by atoms with van der Waals surface area (Å²) in [6.07, 6.45) is 2.18. The lowest BCUT2D eigenvalue weighted by molar-refractivity contribution is 0.652. The molecule has 2 rings (SSSR count). The van der Waals surface area contributed by atoms with Gasteiger partial charge >= 0.3 is 0 Å². The van der Waals surface area contributed by atoms with E-state index in [4.69, 9.17) is 5.73 Å². The van der Waals surface area contributed by atoms with Crippen molar-refractivity contribution in [2.45, 2.75) is 30.7 Å². The van der Waals surface area contributed by atoms with Crippen molar-refractivity contribution in [2.24, 2.45) is 5.73 Å². The Morgan fingerprint density at radius 1 is 1.46 bits per heavy atom. The van der Waals surface area contributed by atoms with Gasteiger partial charge in [-0.3, -0.25) is 0 Å². The molecule has 2 N–H and O–H groups in total. The Labute approximate surface area is 83.7 Å². The third kappa shape index (κ3) is 1.89. The molecule has 0 saturated carbocycles. The number of hydrogen-bond acceptors (Lipinski definition) is 2. The SMILES string of the molecule is Cc1cccc2c1SCCC(N)C2. The molecule has 1 aliphatic rings. The van der Waals surface area contributed by atoms with Crippen molar-refractivity contribution in [3.63, 3.8) is 0 Å². The van der Waals surface area contributed by atoms with E-state index in [9.17, 15) is 0 Å². The second-order valence-corrected chi connectivity index (χ2v) is 4.77. The first-order chi connectivity index (χ1) is 6.27. The highest BCUT2D eigenvalue weighted by Gasteiger charge is 2.14. The molecule has 70 valence electrons. The molecule has 0 spiro atoms. The van der Waals surface area contributed by atoms with Crippen LogP contribution in [0.3, 0.4) is 0 Å². The molecule has 1 aliphatic heterocycles. The summed E-state index contributed by atoms with van der Waals surface area (Å²) < 4.78 is 0. The van der Waals surface area contributed by atoms with Crippen molar-refractivity contribution in [3.05, 3.63) is 29.3 Å². The van der Waals surface area contributed by atoms with Crippen LogP contribution < -0.4 is 5.73 Å². The second-order valence-electron chi connectivity index (χ2n) is 3.66. The van der Waals surface area contributed by atoms with Crippen LogP contribution in [-0.4, -0.2) is 11.8 Å². The van der Waals surface area contributed by atoms with Gasteiger partial charge in [-0.05, 0) is 36.6 Å². The van der Waals surface area contributed by atoms with Gasteiger partial charge in [-0.1, -0.05) is 18.2 Å². The fourth-order valence-electron chi connectivity index (χ4n) is 1.78. The number of rotatable bonds is 0. The number of fused-ring (bicyclic) bond motifs is 1. The van der Waals surface area contributed by atoms with Gasteiger partial charge in [0, 0.05) is 10.9 Å². The molecule has 1 atom stereocenters. The van der Waals surface area contributed by atoms with E-state index in [-0.39, 0.29) is 0 Å². The van der Waals surface area contributed by atoms with E-state index in [0.717, 1.165) is 12.8 Å². The highest BCUT2D eigenvalue weighted by molar-refractivity contribution is 7.99. The Kier molecular flexibility index (Phi) is 2.61. The minimum absolute atomic E-state index is 0.357. The summed E-state index contributed by atoms with van der Waals surface area (Å²) in [5, 5.41) is 0. The van der Waals surface area contributed by atoms with Crippen LogP contribution in [0, 0.1) is 6.92 Å². The van der Waals surface area contributed by atoms with Crippen molar-refractivity contribution in [1.29, 1.82) is 0 Å². The van der Waals surface area contributed by atoms with Gasteiger partial charge in [0.15, 0.2) is 0 Å². The van der Waals surface area contributed by atoms with Gasteiger partial charge in [0.05, 0.1) is 0 Å². The molecule has 1 aromatic rings. The van der Waals surface area contributed by atoms with Crippen LogP contribution in [0.5, 0.6) is 0 Å². The van der Waals surface area contributed by atoms with E-state index in [1.165, 1.54) is 21.8 Å². The zero-order chi connectivity index (χ0) is 9.26. The van der Waals surface area contributed by atoms with E-state index < -0.39 is 0 Å². The van der Waals surface area contributed by atoms with Crippen molar-refractivity contribution in [1.82, 2.24) is 0 Å². The summed E-state index contributed by atoms with van der Waals surface area (Å²) >= 11 is 1.96. The molecule has 1 nitrogen and oxygen atoms in total. The smallest absolute Gasteiger partial charge is 0.0134 e. The van der Waals surface area contributed by atoms with Crippen molar-refractivity contribution >= 4 is 11.8 Å². The Hall–Kier alpha value is -0.470. The van der Waals surface area contributed by atoms with Crippen LogP contribution in [0.1, 0.15) is 17.5 Å². The summed E-state index contributed by atoms with van der Waals surface area (Å²) in [5.41, 5.74) is 8.83. The average Bonchev–Trinajstić information content (AvgIpc) is 2.27. The maximum Gasteiger partial charge on any atom is 0.0134 e. The number of thioether (sulfide) groups is 1. The van der Waals surface area contributed by atoms with Crippen molar-refractivity contribution < 1.29 is 0 Å². The molecule has 0 aliphatic carbocycles. The van der Waals surface area contributed by atoms with Gasteiger partial charge in [0.25, 0.3) is 0 Å². The first kappa shape index (κ1) is 9.10. The number of benzene rings is 1. The molecule has 2 heteroatoms. The lowest BCUT2D eigenvalue weighted by atomic mass is 10.0. The summed E-state index contributed by atoms with van der Waals surface area (Å²) in [6, 6.07) is 6.88. The molecule has 1 aromatic carbocycles. The summed E-state index contributed by atoms with van der Waals surface area (Å²) in [4.78, 5) is 1.47. The fraction of sp³-hybridized carbons (Fsp3) is 0.455. The molecule has 0 aromatic heterocycles. The zero-order valence-corrected chi connectivity index (χ0v) is 8.73. The Morgan fingerprint density at radius 3 is 3.15 bits per heavy atom. The molecular formula is C11H15NS. The molecule has 13 heavy (non-hydrogen) atoms. The van der Waals surface area contributed by atoms with Crippen LogP contribution >= 0.6 is 11.8 Å². The minimum Gasteiger partial charge on any atom is -0.327 e. The van der Waals surface area contributed by atoms with E-state index in [1.54, 1.807) is 0 Å². The number of nitrogens with two attached hydrogens (primary N) is 1. The fourth-order valence-corrected chi connectivity index (χ4v) is 3.03. The maximum atomic E-state index is 5.99. The van der Waals surface area contributed by atoms with Gasteiger partial charge in [0.2, 0.25) is 0 Å². The normalized spacial score (nSPS) is 22.2. The van der Waals surface area contributed by atoms with Gasteiger partial charge < -0.3 is 5.73 Å². The summed E-state index contributed by atoms with van der Waals surface area (Å²) in [5.74, 6) is 1.17. The quantitative estimate of drug-likeness (QED) is 0.684. The van der Waals surface area contributed by atoms with Crippen molar-refractivity contribution in [3.8, 4) is 0 Å². The molecule has 0 amide bonds. The first-order valence-corrected chi connectivity index (χ1v) is 5.73. The second kappa shape index (κ2) is 3.72. The average molecular weight is 193 g/mol. The van der Waals surface area contributed by atoms with E-state index >= 15 is 0 Å². The summed E-state index contributed by atoms with van der Waals surface area (Å²) in [7, 11) is 0. The van der Waals surface area contributed by atoms with Crippen molar-refractivity contribution in [2.75, 3.05) is 5.75 Å². The third-order valence-electron chi connectivity index (χ3n) is 2.51. The Morgan fingerprint density at radius 2 is 2.31 bits per heavy atom. The topological polar surface area (TPSA) is 26.0 Å². The maximum absolute atomic E-state index is 5.99. The predicted octanol–water partition coefficient (Wildman–Crippen LogP) is 2.36. The number of hydrogen-bond donors (Lipinski definition) is 1. The molecule has 0 fully saturated rings. The van der Waals surface area contributed by atoms with E-state index in [1.807, 2.05) is 11.8 Å². The highest BCUT2D eigenvalue weighted by atomic mass is 32.2. The molecular weight excluding hydrogens is 178 g/mol. The van der Waals surface area contributed by atoms with Gasteiger partial charge in [0.1, 0.15) is 0 Å². The monoisotopic (exact) mass is 193 g/mol. The third-order valence-corrected chi connectivity index (χ3v) is 3.82. The largest absolute Gasteiger partial charge is 0.327 e. The minimum atomic E-state index is 0.357. The predicted molar refractivity (Wildman–Crippen MR) is 58.2 cm³/mol. The zero-order valence-electron chi connectivity index (χ0n) is 7.92. The molecule has 1 unspecified atom stereocenters. The Bertz CT molecular complexity index is 309. The van der Waals surface area contributed by atoms with Crippen LogP contribution in [-0.2, 0) is 6.42 Å².